The van der Waals surface area contributed by atoms with Crippen LogP contribution in [0.4, 0.5) is 11.4 Å². The smallest absolute Gasteiger partial charge is 0.232 e. The fraction of sp³-hybridized carbons (Fsp3) is 0.250. The second-order valence-corrected chi connectivity index (χ2v) is 8.43. The van der Waals surface area contributed by atoms with Gasteiger partial charge in [0.25, 0.3) is 0 Å². The summed E-state index contributed by atoms with van der Waals surface area (Å²) >= 11 is 5.95. The predicted molar refractivity (Wildman–Crippen MR) is 114 cm³/mol. The maximum atomic E-state index is 12.1. The van der Waals surface area contributed by atoms with Crippen LogP contribution in [-0.4, -0.2) is 33.7 Å². The van der Waals surface area contributed by atoms with E-state index in [-0.39, 0.29) is 18.9 Å². The van der Waals surface area contributed by atoms with Crippen molar-refractivity contribution >= 4 is 38.9 Å². The molecule has 0 aliphatic heterocycles. The molecule has 150 valence electrons. The standard InChI is InChI=1S/C20H23ClN2O4S/c1-3-14-27-19-11-9-17(10-12-19)22-20(24)8-5-13-23(28(2,25)26)18-7-4-6-16(21)15-18/h3-4,6-7,9-12,15H,1,5,8,13-14H2,2H3,(H,22,24). The number of hydrogen-bond acceptors (Lipinski definition) is 4. The number of benzene rings is 2. The molecule has 28 heavy (non-hydrogen) atoms. The lowest BCUT2D eigenvalue weighted by molar-refractivity contribution is -0.116. The van der Waals surface area contributed by atoms with Gasteiger partial charge in [0.2, 0.25) is 15.9 Å². The van der Waals surface area contributed by atoms with Gasteiger partial charge in [0.15, 0.2) is 0 Å². The van der Waals surface area contributed by atoms with E-state index in [4.69, 9.17) is 16.3 Å². The van der Waals surface area contributed by atoms with Gasteiger partial charge in [0.1, 0.15) is 12.4 Å². The molecule has 0 aliphatic carbocycles. The Kier molecular flexibility index (Phi) is 7.90. The number of halogens is 1. The van der Waals surface area contributed by atoms with Crippen LogP contribution in [-0.2, 0) is 14.8 Å². The minimum Gasteiger partial charge on any atom is -0.490 e. The molecular weight excluding hydrogens is 400 g/mol. The van der Waals surface area contributed by atoms with Gasteiger partial charge >= 0.3 is 0 Å². The highest BCUT2D eigenvalue weighted by atomic mass is 35.5. The van der Waals surface area contributed by atoms with Crippen molar-refractivity contribution < 1.29 is 17.9 Å². The zero-order chi connectivity index (χ0) is 20.6. The van der Waals surface area contributed by atoms with Gasteiger partial charge in [0.05, 0.1) is 11.9 Å². The van der Waals surface area contributed by atoms with Crippen molar-refractivity contribution in [1.82, 2.24) is 0 Å². The molecule has 6 nitrogen and oxygen atoms in total. The van der Waals surface area contributed by atoms with Gasteiger partial charge in [-0.2, -0.15) is 0 Å². The van der Waals surface area contributed by atoms with Gasteiger partial charge in [-0.1, -0.05) is 30.3 Å². The fourth-order valence-electron chi connectivity index (χ4n) is 2.51. The summed E-state index contributed by atoms with van der Waals surface area (Å²) in [6.45, 7) is 4.18. The normalized spacial score (nSPS) is 10.9. The first-order valence-corrected chi connectivity index (χ1v) is 10.9. The van der Waals surface area contributed by atoms with E-state index in [1.54, 1.807) is 54.6 Å². The summed E-state index contributed by atoms with van der Waals surface area (Å²) in [6.07, 6.45) is 3.33. The molecule has 2 rings (SSSR count). The van der Waals surface area contributed by atoms with Gasteiger partial charge < -0.3 is 10.1 Å². The Labute approximate surface area is 170 Å². The van der Waals surface area contributed by atoms with E-state index in [0.717, 1.165) is 6.26 Å². The number of amides is 1. The molecule has 0 fully saturated rings. The predicted octanol–water partition coefficient (Wildman–Crippen LogP) is 4.09. The van der Waals surface area contributed by atoms with Crippen molar-refractivity contribution in [3.8, 4) is 5.75 Å². The zero-order valence-corrected chi connectivity index (χ0v) is 17.2. The van der Waals surface area contributed by atoms with E-state index in [9.17, 15) is 13.2 Å². The summed E-state index contributed by atoms with van der Waals surface area (Å²) < 4.78 is 30.8. The Bertz CT molecular complexity index is 914. The topological polar surface area (TPSA) is 75.7 Å². The van der Waals surface area contributed by atoms with E-state index in [1.165, 1.54) is 4.31 Å². The second-order valence-electron chi connectivity index (χ2n) is 6.09. The van der Waals surface area contributed by atoms with E-state index >= 15 is 0 Å². The average Bonchev–Trinajstić information content (AvgIpc) is 2.63. The number of ether oxygens (including phenoxy) is 1. The molecular formula is C20H23ClN2O4S. The molecule has 0 heterocycles. The first-order valence-electron chi connectivity index (χ1n) is 8.66. The minimum atomic E-state index is -3.48. The highest BCUT2D eigenvalue weighted by molar-refractivity contribution is 7.92. The number of hydrogen-bond donors (Lipinski definition) is 1. The van der Waals surface area contributed by atoms with Gasteiger partial charge in [-0.3, -0.25) is 9.10 Å². The van der Waals surface area contributed by atoms with Crippen LogP contribution in [0.3, 0.4) is 0 Å². The van der Waals surface area contributed by atoms with Crippen molar-refractivity contribution in [2.24, 2.45) is 0 Å². The molecule has 0 spiro atoms. The summed E-state index contributed by atoms with van der Waals surface area (Å²) in [7, 11) is -3.48. The highest BCUT2D eigenvalue weighted by Crippen LogP contribution is 2.22. The largest absolute Gasteiger partial charge is 0.490 e. The molecule has 1 amide bonds. The summed E-state index contributed by atoms with van der Waals surface area (Å²) in [5.74, 6) is 0.488. The average molecular weight is 423 g/mol. The number of sulfonamides is 1. The van der Waals surface area contributed by atoms with Crippen molar-refractivity contribution in [3.05, 3.63) is 66.2 Å². The second kappa shape index (κ2) is 10.1. The first-order chi connectivity index (χ1) is 13.3. The van der Waals surface area contributed by atoms with Gasteiger partial charge in [0, 0.05) is 23.7 Å². The molecule has 0 saturated heterocycles. The summed E-state index contributed by atoms with van der Waals surface area (Å²) in [5.41, 5.74) is 1.12. The Morgan fingerprint density at radius 3 is 2.57 bits per heavy atom. The van der Waals surface area contributed by atoms with Crippen LogP contribution in [0.15, 0.2) is 61.2 Å². The number of rotatable bonds is 10. The molecule has 2 aromatic carbocycles. The molecule has 0 saturated carbocycles. The fourth-order valence-corrected chi connectivity index (χ4v) is 3.66. The highest BCUT2D eigenvalue weighted by Gasteiger charge is 2.17. The first kappa shape index (κ1) is 21.8. The Morgan fingerprint density at radius 1 is 1.25 bits per heavy atom. The maximum absolute atomic E-state index is 12.1. The zero-order valence-electron chi connectivity index (χ0n) is 15.6. The molecule has 0 unspecified atom stereocenters. The molecule has 0 aromatic heterocycles. The molecule has 0 aliphatic rings. The number of anilines is 2. The lowest BCUT2D eigenvalue weighted by atomic mass is 10.2. The van der Waals surface area contributed by atoms with Crippen LogP contribution < -0.4 is 14.4 Å². The van der Waals surface area contributed by atoms with Crippen molar-refractivity contribution in [3.63, 3.8) is 0 Å². The molecule has 0 radical (unpaired) electrons. The van der Waals surface area contributed by atoms with Gasteiger partial charge in [-0.15, -0.1) is 0 Å². The van der Waals surface area contributed by atoms with Crippen LogP contribution in [0.1, 0.15) is 12.8 Å². The number of carbonyl (C=O) groups is 1. The summed E-state index contributed by atoms with van der Waals surface area (Å²) in [4.78, 5) is 12.1. The van der Waals surface area contributed by atoms with E-state index in [1.807, 2.05) is 0 Å². The molecule has 8 heteroatoms. The molecule has 2 aromatic rings. The van der Waals surface area contributed by atoms with Gasteiger partial charge in [-0.05, 0) is 48.9 Å². The van der Waals surface area contributed by atoms with Crippen molar-refractivity contribution in [2.75, 3.05) is 29.0 Å². The summed E-state index contributed by atoms with van der Waals surface area (Å²) in [5, 5.41) is 3.23. The van der Waals surface area contributed by atoms with E-state index in [2.05, 4.69) is 11.9 Å². The number of carbonyl (C=O) groups excluding carboxylic acids is 1. The third-order valence-corrected chi connectivity index (χ3v) is 5.20. The van der Waals surface area contributed by atoms with E-state index in [0.29, 0.717) is 35.2 Å². The molecule has 0 atom stereocenters. The van der Waals surface area contributed by atoms with Crippen LogP contribution in [0.5, 0.6) is 5.75 Å². The van der Waals surface area contributed by atoms with Crippen molar-refractivity contribution in [2.45, 2.75) is 12.8 Å². The van der Waals surface area contributed by atoms with Crippen LogP contribution in [0.25, 0.3) is 0 Å². The number of nitrogens with zero attached hydrogens (tertiary/aromatic N) is 1. The summed E-state index contributed by atoms with van der Waals surface area (Å²) in [6, 6.07) is 13.6. The minimum absolute atomic E-state index is 0.181. The quantitative estimate of drug-likeness (QED) is 0.585. The monoisotopic (exact) mass is 422 g/mol. The molecule has 0 bridgehead atoms. The lowest BCUT2D eigenvalue weighted by Gasteiger charge is -2.22. The maximum Gasteiger partial charge on any atom is 0.232 e. The molecule has 1 N–H and O–H groups in total. The van der Waals surface area contributed by atoms with Crippen LogP contribution >= 0.6 is 11.6 Å². The van der Waals surface area contributed by atoms with Crippen molar-refractivity contribution in [1.29, 1.82) is 0 Å². The number of nitrogens with one attached hydrogen (secondary N) is 1. The lowest BCUT2D eigenvalue weighted by Crippen LogP contribution is -2.31. The Morgan fingerprint density at radius 2 is 1.96 bits per heavy atom. The van der Waals surface area contributed by atoms with E-state index < -0.39 is 10.0 Å². The Balaban J connectivity index is 1.89. The third kappa shape index (κ3) is 6.90. The SMILES string of the molecule is C=CCOc1ccc(NC(=O)CCCN(c2cccc(Cl)c2)S(C)(=O)=O)cc1. The third-order valence-electron chi connectivity index (χ3n) is 3.77. The van der Waals surface area contributed by atoms with Crippen LogP contribution in [0.2, 0.25) is 5.02 Å². The van der Waals surface area contributed by atoms with Crippen LogP contribution in [0, 0.1) is 0 Å². The van der Waals surface area contributed by atoms with Gasteiger partial charge in [-0.25, -0.2) is 8.42 Å². The Hall–Kier alpha value is -2.51.